The van der Waals surface area contributed by atoms with Crippen molar-refractivity contribution >= 4 is 34.7 Å². The molecule has 0 aliphatic heterocycles. The summed E-state index contributed by atoms with van der Waals surface area (Å²) >= 11 is 0. The van der Waals surface area contributed by atoms with Crippen LogP contribution in [-0.2, 0) is 4.79 Å². The average molecular weight is 446 g/mol. The molecule has 2 amide bonds. The Morgan fingerprint density at radius 3 is 2.27 bits per heavy atom. The Balaban J connectivity index is 1.85. The van der Waals surface area contributed by atoms with Crippen molar-refractivity contribution in [2.45, 2.75) is 47.1 Å². The summed E-state index contributed by atoms with van der Waals surface area (Å²) in [6.45, 7) is 9.74. The van der Waals surface area contributed by atoms with Crippen LogP contribution in [0.1, 0.15) is 61.8 Å². The standard InChI is InChI=1S/C27H31N3O3/c1-19(2)30(28-26(33)20-11-7-6-8-12-20)24(31)16-15-21-18-29(25(32)17-27(3,4)5)23-14-10-9-13-22(21)23/h6-16,18-19H,17H2,1-5H3,(H,28,33). The van der Waals surface area contributed by atoms with Gasteiger partial charge in [0.2, 0.25) is 5.91 Å². The Hall–Kier alpha value is -3.67. The molecule has 0 radical (unpaired) electrons. The van der Waals surface area contributed by atoms with Crippen molar-refractivity contribution in [2.75, 3.05) is 0 Å². The molecule has 0 unspecified atom stereocenters. The van der Waals surface area contributed by atoms with Crippen LogP contribution in [-0.4, -0.2) is 33.3 Å². The van der Waals surface area contributed by atoms with Crippen LogP contribution in [0.15, 0.2) is 66.9 Å². The number of benzene rings is 2. The van der Waals surface area contributed by atoms with Crippen molar-refractivity contribution in [2.24, 2.45) is 5.41 Å². The van der Waals surface area contributed by atoms with Crippen molar-refractivity contribution in [3.63, 3.8) is 0 Å². The Labute approximate surface area is 194 Å². The SMILES string of the molecule is CC(C)N(NC(=O)c1ccccc1)C(=O)C=Cc1cn(C(=O)CC(C)(C)C)c2ccccc12. The lowest BCUT2D eigenvalue weighted by atomic mass is 9.92. The van der Waals surface area contributed by atoms with Crippen LogP contribution in [0.25, 0.3) is 17.0 Å². The summed E-state index contributed by atoms with van der Waals surface area (Å²) in [4.78, 5) is 38.4. The number of carbonyl (C=O) groups is 3. The van der Waals surface area contributed by atoms with Gasteiger partial charge in [0, 0.05) is 41.2 Å². The minimum atomic E-state index is -0.355. The number of amides is 2. The van der Waals surface area contributed by atoms with Crippen LogP contribution in [0.5, 0.6) is 0 Å². The molecular formula is C27H31N3O3. The molecule has 0 saturated heterocycles. The largest absolute Gasteiger partial charge is 0.287 e. The van der Waals surface area contributed by atoms with E-state index in [4.69, 9.17) is 0 Å². The summed E-state index contributed by atoms with van der Waals surface area (Å²) in [7, 11) is 0. The summed E-state index contributed by atoms with van der Waals surface area (Å²) in [5.41, 5.74) is 4.59. The molecule has 2 aromatic carbocycles. The quantitative estimate of drug-likeness (QED) is 0.427. The molecule has 1 heterocycles. The number of fused-ring (bicyclic) bond motifs is 1. The van der Waals surface area contributed by atoms with Gasteiger partial charge in [0.25, 0.3) is 11.8 Å². The van der Waals surface area contributed by atoms with E-state index >= 15 is 0 Å². The number of hydrazine groups is 1. The average Bonchev–Trinajstić information content (AvgIpc) is 3.14. The van der Waals surface area contributed by atoms with E-state index in [1.54, 1.807) is 41.1 Å². The summed E-state index contributed by atoms with van der Waals surface area (Å²) in [6, 6.07) is 16.1. The van der Waals surface area contributed by atoms with Crippen LogP contribution >= 0.6 is 0 Å². The van der Waals surface area contributed by atoms with Crippen LogP contribution in [0.2, 0.25) is 0 Å². The summed E-state index contributed by atoms with van der Waals surface area (Å²) < 4.78 is 1.65. The number of hydrogen-bond acceptors (Lipinski definition) is 3. The first kappa shape index (κ1) is 24.0. The van der Waals surface area contributed by atoms with E-state index in [0.717, 1.165) is 16.5 Å². The van der Waals surface area contributed by atoms with E-state index < -0.39 is 0 Å². The molecule has 3 aromatic rings. The minimum Gasteiger partial charge on any atom is -0.287 e. The fraction of sp³-hybridized carbons (Fsp3) is 0.296. The van der Waals surface area contributed by atoms with Crippen LogP contribution in [0, 0.1) is 5.41 Å². The topological polar surface area (TPSA) is 71.4 Å². The van der Waals surface area contributed by atoms with E-state index in [2.05, 4.69) is 5.43 Å². The van der Waals surface area contributed by atoms with Gasteiger partial charge in [0.15, 0.2) is 0 Å². The molecular weight excluding hydrogens is 414 g/mol. The molecule has 172 valence electrons. The van der Waals surface area contributed by atoms with Gasteiger partial charge < -0.3 is 0 Å². The highest BCUT2D eigenvalue weighted by Crippen LogP contribution is 2.26. The van der Waals surface area contributed by atoms with Gasteiger partial charge in [-0.2, -0.15) is 0 Å². The number of para-hydroxylation sites is 1. The van der Waals surface area contributed by atoms with Crippen molar-refractivity contribution in [3.8, 4) is 0 Å². The summed E-state index contributed by atoms with van der Waals surface area (Å²) in [6.07, 6.45) is 5.28. The van der Waals surface area contributed by atoms with Gasteiger partial charge in [0.05, 0.1) is 5.52 Å². The first-order chi connectivity index (χ1) is 15.6. The number of nitrogens with one attached hydrogen (secondary N) is 1. The van der Waals surface area contributed by atoms with Crippen molar-refractivity contribution in [3.05, 3.63) is 78.0 Å². The first-order valence-corrected chi connectivity index (χ1v) is 11.1. The monoisotopic (exact) mass is 445 g/mol. The third-order valence-corrected chi connectivity index (χ3v) is 5.11. The maximum atomic E-state index is 12.9. The van der Waals surface area contributed by atoms with Gasteiger partial charge in [-0.3, -0.25) is 24.4 Å². The minimum absolute atomic E-state index is 0.00334. The maximum absolute atomic E-state index is 12.9. The molecule has 0 aliphatic carbocycles. The van der Waals surface area contributed by atoms with Crippen molar-refractivity contribution in [1.29, 1.82) is 0 Å². The number of carbonyl (C=O) groups excluding carboxylic acids is 3. The number of aromatic nitrogens is 1. The second-order valence-corrected chi connectivity index (χ2v) is 9.55. The molecule has 1 aromatic heterocycles. The Bertz CT molecular complexity index is 1180. The lowest BCUT2D eigenvalue weighted by Crippen LogP contribution is -2.49. The molecule has 0 spiro atoms. The Kier molecular flexibility index (Phi) is 7.16. The van der Waals surface area contributed by atoms with Crippen molar-refractivity contribution in [1.82, 2.24) is 15.0 Å². The fourth-order valence-corrected chi connectivity index (χ4v) is 3.53. The molecule has 6 nitrogen and oxygen atoms in total. The van der Waals surface area contributed by atoms with Crippen LogP contribution in [0.3, 0.4) is 0 Å². The number of hydrogen-bond donors (Lipinski definition) is 1. The zero-order valence-corrected chi connectivity index (χ0v) is 19.8. The van der Waals surface area contributed by atoms with Gasteiger partial charge >= 0.3 is 0 Å². The zero-order chi connectivity index (χ0) is 24.2. The zero-order valence-electron chi connectivity index (χ0n) is 19.8. The third-order valence-electron chi connectivity index (χ3n) is 5.11. The summed E-state index contributed by atoms with van der Waals surface area (Å²) in [5.74, 6) is -0.703. The molecule has 6 heteroatoms. The lowest BCUT2D eigenvalue weighted by Gasteiger charge is -2.25. The van der Waals surface area contributed by atoms with E-state index in [0.29, 0.717) is 12.0 Å². The smallest absolute Gasteiger partial charge is 0.269 e. The van der Waals surface area contributed by atoms with Gasteiger partial charge in [-0.1, -0.05) is 57.2 Å². The molecule has 0 atom stereocenters. The van der Waals surface area contributed by atoms with Gasteiger partial charge in [-0.05, 0) is 43.5 Å². The molecule has 0 fully saturated rings. The summed E-state index contributed by atoms with van der Waals surface area (Å²) in [5, 5.41) is 2.18. The Morgan fingerprint density at radius 2 is 1.64 bits per heavy atom. The highest BCUT2D eigenvalue weighted by Gasteiger charge is 2.21. The van der Waals surface area contributed by atoms with E-state index in [-0.39, 0.29) is 29.2 Å². The number of nitrogens with zero attached hydrogens (tertiary/aromatic N) is 2. The predicted octanol–water partition coefficient (Wildman–Crippen LogP) is 5.31. The molecule has 0 bridgehead atoms. The number of rotatable bonds is 5. The molecule has 0 aliphatic rings. The van der Waals surface area contributed by atoms with Gasteiger partial charge in [-0.25, -0.2) is 5.01 Å². The van der Waals surface area contributed by atoms with Crippen LogP contribution < -0.4 is 5.43 Å². The Morgan fingerprint density at radius 1 is 1.00 bits per heavy atom. The molecule has 0 saturated carbocycles. The van der Waals surface area contributed by atoms with Crippen LogP contribution in [0.4, 0.5) is 0 Å². The fourth-order valence-electron chi connectivity index (χ4n) is 3.53. The van der Waals surface area contributed by atoms with Gasteiger partial charge in [-0.15, -0.1) is 0 Å². The highest BCUT2D eigenvalue weighted by atomic mass is 16.2. The van der Waals surface area contributed by atoms with Crippen molar-refractivity contribution < 1.29 is 14.4 Å². The van der Waals surface area contributed by atoms with E-state index in [1.807, 2.05) is 65.0 Å². The molecule has 33 heavy (non-hydrogen) atoms. The lowest BCUT2D eigenvalue weighted by molar-refractivity contribution is -0.130. The first-order valence-electron chi connectivity index (χ1n) is 11.1. The second kappa shape index (κ2) is 9.86. The second-order valence-electron chi connectivity index (χ2n) is 9.55. The predicted molar refractivity (Wildman–Crippen MR) is 132 cm³/mol. The van der Waals surface area contributed by atoms with E-state index in [1.165, 1.54) is 11.1 Å². The molecule has 3 rings (SSSR count). The maximum Gasteiger partial charge on any atom is 0.269 e. The molecule has 1 N–H and O–H groups in total. The van der Waals surface area contributed by atoms with E-state index in [9.17, 15) is 14.4 Å². The van der Waals surface area contributed by atoms with Gasteiger partial charge in [0.1, 0.15) is 0 Å². The highest BCUT2D eigenvalue weighted by molar-refractivity contribution is 6.01. The third kappa shape index (κ3) is 5.98. The normalized spacial score (nSPS) is 11.8.